The maximum absolute atomic E-state index is 14.4. The van der Waals surface area contributed by atoms with Crippen molar-refractivity contribution in [3.63, 3.8) is 0 Å². The van der Waals surface area contributed by atoms with E-state index in [1.54, 1.807) is 18.2 Å². The molecule has 1 N–H and O–H groups in total. The van der Waals surface area contributed by atoms with Crippen LogP contribution in [0.4, 0.5) is 14.5 Å². The van der Waals surface area contributed by atoms with Crippen LogP contribution in [-0.2, 0) is 9.05 Å². The van der Waals surface area contributed by atoms with Crippen molar-refractivity contribution in [2.45, 2.75) is 32.6 Å². The molecule has 0 heterocycles. The van der Waals surface area contributed by atoms with Crippen LogP contribution in [0.5, 0.6) is 11.5 Å². The lowest BCUT2D eigenvalue weighted by molar-refractivity contribution is 0.277. The van der Waals surface area contributed by atoms with Gasteiger partial charge in [0.2, 0.25) is 8.38 Å². The first-order chi connectivity index (χ1) is 16.4. The first-order valence-electron chi connectivity index (χ1n) is 10.9. The van der Waals surface area contributed by atoms with E-state index in [1.807, 2.05) is 64.1 Å². The fourth-order valence-corrected chi connectivity index (χ4v) is 4.86. The molecule has 0 bridgehead atoms. The van der Waals surface area contributed by atoms with Gasteiger partial charge >= 0.3 is 0 Å². The summed E-state index contributed by atoms with van der Waals surface area (Å²) in [4.78, 5) is 0.919. The van der Waals surface area contributed by atoms with Crippen LogP contribution in [0.1, 0.15) is 33.3 Å². The van der Waals surface area contributed by atoms with E-state index in [4.69, 9.17) is 13.8 Å². The zero-order valence-corrected chi connectivity index (χ0v) is 21.3. The standard InChI is InChI=1S/C26H28F2NO3PS/c1-5-30-33(31-6-2)22-11-7-20(8-12-22)29-34-23-13-9-21(10-14-23)32-26-24(27)16-19(15-18(3)4)17-25(26)28/h7-17,29H,5-6H2,1-4H3. The summed E-state index contributed by atoms with van der Waals surface area (Å²) in [5.74, 6) is -1.55. The van der Waals surface area contributed by atoms with Gasteiger partial charge in [0.15, 0.2) is 17.4 Å². The zero-order valence-electron chi connectivity index (χ0n) is 19.6. The summed E-state index contributed by atoms with van der Waals surface area (Å²) in [7, 11) is -1.06. The monoisotopic (exact) mass is 503 g/mol. The van der Waals surface area contributed by atoms with Gasteiger partial charge in [-0.05, 0) is 106 Å². The highest BCUT2D eigenvalue weighted by molar-refractivity contribution is 8.00. The Balaban J connectivity index is 1.60. The van der Waals surface area contributed by atoms with Gasteiger partial charge in [0.05, 0.1) is 13.2 Å². The summed E-state index contributed by atoms with van der Waals surface area (Å²) in [5, 5.41) is 1.02. The number of allylic oxidation sites excluding steroid dienone is 1. The summed E-state index contributed by atoms with van der Waals surface area (Å²) in [5.41, 5.74) is 2.34. The van der Waals surface area contributed by atoms with E-state index >= 15 is 0 Å². The molecule has 34 heavy (non-hydrogen) atoms. The fourth-order valence-electron chi connectivity index (χ4n) is 2.98. The van der Waals surface area contributed by atoms with Crippen LogP contribution in [0.15, 0.2) is 71.1 Å². The van der Waals surface area contributed by atoms with E-state index in [2.05, 4.69) is 4.72 Å². The minimum absolute atomic E-state index is 0.349. The number of ether oxygens (including phenoxy) is 1. The average molecular weight is 504 g/mol. The molecule has 3 aromatic rings. The number of rotatable bonds is 11. The van der Waals surface area contributed by atoms with Gasteiger partial charge in [-0.1, -0.05) is 11.6 Å². The van der Waals surface area contributed by atoms with E-state index < -0.39 is 25.8 Å². The lowest BCUT2D eigenvalue weighted by Gasteiger charge is -2.16. The van der Waals surface area contributed by atoms with Crippen molar-refractivity contribution in [1.29, 1.82) is 0 Å². The topological polar surface area (TPSA) is 39.7 Å². The fraction of sp³-hybridized carbons (Fsp3) is 0.231. The molecule has 0 atom stereocenters. The molecular formula is C26H28F2NO3PS. The molecule has 180 valence electrons. The van der Waals surface area contributed by atoms with Crippen LogP contribution in [0.25, 0.3) is 6.08 Å². The van der Waals surface area contributed by atoms with E-state index in [1.165, 1.54) is 24.1 Å². The molecular weight excluding hydrogens is 475 g/mol. The Labute approximate surface area is 205 Å². The Morgan fingerprint density at radius 1 is 0.912 bits per heavy atom. The smallest absolute Gasteiger partial charge is 0.205 e. The third-order valence-corrected chi connectivity index (χ3v) is 6.93. The Kier molecular flexibility index (Phi) is 9.90. The molecule has 3 aromatic carbocycles. The molecule has 0 saturated carbocycles. The summed E-state index contributed by atoms with van der Waals surface area (Å²) in [6, 6.07) is 17.4. The summed E-state index contributed by atoms with van der Waals surface area (Å²) in [6.45, 7) is 8.83. The molecule has 0 amide bonds. The molecule has 3 rings (SSSR count). The summed E-state index contributed by atoms with van der Waals surface area (Å²) in [6.07, 6.45) is 1.71. The van der Waals surface area contributed by atoms with Crippen LogP contribution in [0, 0.1) is 11.6 Å². The van der Waals surface area contributed by atoms with Gasteiger partial charge in [0, 0.05) is 15.9 Å². The Bertz CT molecular complexity index is 1080. The van der Waals surface area contributed by atoms with Gasteiger partial charge in [-0.3, -0.25) is 0 Å². The van der Waals surface area contributed by atoms with Crippen LogP contribution in [-0.4, -0.2) is 13.2 Å². The lowest BCUT2D eigenvalue weighted by atomic mass is 10.1. The van der Waals surface area contributed by atoms with Gasteiger partial charge in [0.1, 0.15) is 5.75 Å². The van der Waals surface area contributed by atoms with Crippen molar-refractivity contribution >= 4 is 37.4 Å². The summed E-state index contributed by atoms with van der Waals surface area (Å²) >= 11 is 1.42. The average Bonchev–Trinajstić information content (AvgIpc) is 2.81. The highest BCUT2D eigenvalue weighted by atomic mass is 32.2. The first-order valence-corrected chi connectivity index (χ1v) is 12.9. The number of halogens is 2. The number of benzene rings is 3. The molecule has 0 aliphatic rings. The Morgan fingerprint density at radius 2 is 1.50 bits per heavy atom. The van der Waals surface area contributed by atoms with Crippen LogP contribution in [0.2, 0.25) is 0 Å². The second-order valence-electron chi connectivity index (χ2n) is 7.45. The molecule has 0 radical (unpaired) electrons. The maximum atomic E-state index is 14.4. The minimum atomic E-state index is -1.06. The molecule has 0 fully saturated rings. The lowest BCUT2D eigenvalue weighted by Crippen LogP contribution is -2.06. The van der Waals surface area contributed by atoms with Crippen molar-refractivity contribution in [3.05, 3.63) is 83.4 Å². The normalized spacial score (nSPS) is 10.9. The van der Waals surface area contributed by atoms with Crippen LogP contribution < -0.4 is 14.8 Å². The van der Waals surface area contributed by atoms with Gasteiger partial charge in [-0.15, -0.1) is 0 Å². The van der Waals surface area contributed by atoms with E-state index in [-0.39, 0.29) is 0 Å². The van der Waals surface area contributed by atoms with Crippen LogP contribution >= 0.6 is 20.3 Å². The highest BCUT2D eigenvalue weighted by Gasteiger charge is 2.14. The quantitative estimate of drug-likeness (QED) is 0.210. The van der Waals surface area contributed by atoms with Gasteiger partial charge in [-0.25, -0.2) is 8.78 Å². The van der Waals surface area contributed by atoms with Crippen molar-refractivity contribution < 1.29 is 22.6 Å². The number of anilines is 1. The van der Waals surface area contributed by atoms with Gasteiger partial charge < -0.3 is 18.5 Å². The molecule has 0 aromatic heterocycles. The molecule has 0 unspecified atom stereocenters. The maximum Gasteiger partial charge on any atom is 0.205 e. The predicted molar refractivity (Wildman–Crippen MR) is 138 cm³/mol. The van der Waals surface area contributed by atoms with Crippen molar-refractivity contribution in [2.24, 2.45) is 0 Å². The summed E-state index contributed by atoms with van der Waals surface area (Å²) < 4.78 is 48.9. The number of hydrogen-bond acceptors (Lipinski definition) is 5. The third kappa shape index (κ3) is 7.54. The first kappa shape index (κ1) is 26.2. The van der Waals surface area contributed by atoms with Crippen molar-refractivity contribution in [1.82, 2.24) is 0 Å². The molecule has 0 aliphatic carbocycles. The van der Waals surface area contributed by atoms with E-state index in [9.17, 15) is 8.78 Å². The second-order valence-corrected chi connectivity index (χ2v) is 9.88. The Hall–Kier alpha value is -2.44. The van der Waals surface area contributed by atoms with Crippen molar-refractivity contribution in [2.75, 3.05) is 17.9 Å². The number of hydrogen-bond donors (Lipinski definition) is 1. The van der Waals surface area contributed by atoms with Gasteiger partial charge in [-0.2, -0.15) is 0 Å². The second kappa shape index (κ2) is 12.9. The zero-order chi connectivity index (χ0) is 24.5. The number of nitrogens with one attached hydrogen (secondary N) is 1. The molecule has 8 heteroatoms. The molecule has 4 nitrogen and oxygen atoms in total. The SMILES string of the molecule is CCOP(OCC)c1ccc(NSc2ccc(Oc3c(F)cc(C=C(C)C)cc3F)cc2)cc1. The minimum Gasteiger partial charge on any atom is -0.451 e. The van der Waals surface area contributed by atoms with E-state index in [0.29, 0.717) is 24.5 Å². The highest BCUT2D eigenvalue weighted by Crippen LogP contribution is 2.37. The van der Waals surface area contributed by atoms with E-state index in [0.717, 1.165) is 21.5 Å². The molecule has 0 saturated heterocycles. The third-order valence-electron chi connectivity index (χ3n) is 4.38. The Morgan fingerprint density at radius 3 is 2.03 bits per heavy atom. The molecule has 0 aliphatic heterocycles. The van der Waals surface area contributed by atoms with Gasteiger partial charge in [0.25, 0.3) is 0 Å². The predicted octanol–water partition coefficient (Wildman–Crippen LogP) is 8.31. The van der Waals surface area contributed by atoms with Crippen molar-refractivity contribution in [3.8, 4) is 11.5 Å². The largest absolute Gasteiger partial charge is 0.451 e. The van der Waals surface area contributed by atoms with Crippen LogP contribution in [0.3, 0.4) is 0 Å². The molecule has 0 spiro atoms.